The van der Waals surface area contributed by atoms with Crippen molar-refractivity contribution in [2.24, 2.45) is 0 Å². The summed E-state index contributed by atoms with van der Waals surface area (Å²) in [4.78, 5) is 26.1. The third-order valence-corrected chi connectivity index (χ3v) is 3.63. The predicted octanol–water partition coefficient (Wildman–Crippen LogP) is 2.70. The number of hydrogen-bond acceptors (Lipinski definition) is 5. The summed E-state index contributed by atoms with van der Waals surface area (Å²) >= 11 is 0. The van der Waals surface area contributed by atoms with Gasteiger partial charge in [-0.3, -0.25) is 4.90 Å². The number of nitrogens with zero attached hydrogens (tertiary/aromatic N) is 1. The molecular formula is C17H23NO5. The zero-order valence-corrected chi connectivity index (χ0v) is 14.2. The summed E-state index contributed by atoms with van der Waals surface area (Å²) < 4.78 is 15.5. The largest absolute Gasteiger partial charge is 0.497 e. The van der Waals surface area contributed by atoms with Crippen molar-refractivity contribution in [2.75, 3.05) is 20.8 Å². The van der Waals surface area contributed by atoms with Crippen LogP contribution >= 0.6 is 0 Å². The first-order chi connectivity index (χ1) is 10.8. The van der Waals surface area contributed by atoms with Crippen LogP contribution < -0.4 is 4.74 Å². The molecule has 0 bridgehead atoms. The van der Waals surface area contributed by atoms with Gasteiger partial charge in [0.15, 0.2) is 6.04 Å². The van der Waals surface area contributed by atoms with Crippen LogP contribution in [0.3, 0.4) is 0 Å². The first-order valence-corrected chi connectivity index (χ1v) is 7.51. The van der Waals surface area contributed by atoms with Gasteiger partial charge in [-0.15, -0.1) is 0 Å². The molecule has 1 unspecified atom stereocenters. The topological polar surface area (TPSA) is 65.1 Å². The summed E-state index contributed by atoms with van der Waals surface area (Å²) in [7, 11) is 2.91. The zero-order valence-electron chi connectivity index (χ0n) is 14.2. The lowest BCUT2D eigenvalue weighted by Crippen LogP contribution is -2.46. The Bertz CT molecular complexity index is 605. The summed E-state index contributed by atoms with van der Waals surface area (Å²) in [5.41, 5.74) is 1.09. The van der Waals surface area contributed by atoms with Crippen molar-refractivity contribution < 1.29 is 23.8 Å². The smallest absolute Gasteiger partial charge is 0.411 e. The molecule has 0 saturated heterocycles. The fraction of sp³-hybridized carbons (Fsp3) is 0.529. The molecule has 6 nitrogen and oxygen atoms in total. The fourth-order valence-corrected chi connectivity index (χ4v) is 2.61. The van der Waals surface area contributed by atoms with Gasteiger partial charge in [0.2, 0.25) is 0 Å². The molecule has 126 valence electrons. The van der Waals surface area contributed by atoms with E-state index >= 15 is 0 Å². The second-order valence-electron chi connectivity index (χ2n) is 6.41. The average Bonchev–Trinajstić information content (AvgIpc) is 2.50. The minimum absolute atomic E-state index is 0.384. The van der Waals surface area contributed by atoms with Gasteiger partial charge in [-0.2, -0.15) is 0 Å². The second-order valence-corrected chi connectivity index (χ2v) is 6.41. The Balaban J connectivity index is 2.38. The van der Waals surface area contributed by atoms with E-state index in [-0.39, 0.29) is 0 Å². The normalized spacial score (nSPS) is 17.3. The Labute approximate surface area is 136 Å². The molecule has 1 atom stereocenters. The first-order valence-electron chi connectivity index (χ1n) is 7.51. The molecule has 1 aliphatic rings. The van der Waals surface area contributed by atoms with Crippen molar-refractivity contribution in [1.82, 2.24) is 4.90 Å². The monoisotopic (exact) mass is 321 g/mol. The molecule has 0 fully saturated rings. The zero-order chi connectivity index (χ0) is 17.2. The van der Waals surface area contributed by atoms with Crippen LogP contribution in [-0.4, -0.2) is 43.3 Å². The second kappa shape index (κ2) is 6.48. The van der Waals surface area contributed by atoms with Crippen molar-refractivity contribution >= 4 is 12.1 Å². The van der Waals surface area contributed by atoms with E-state index in [0.29, 0.717) is 13.0 Å². The number of ether oxygens (including phenoxy) is 3. The van der Waals surface area contributed by atoms with Gasteiger partial charge in [0.25, 0.3) is 0 Å². The van der Waals surface area contributed by atoms with Gasteiger partial charge in [0.1, 0.15) is 11.4 Å². The number of methoxy groups -OCH3 is 2. The molecule has 0 aliphatic carbocycles. The summed E-state index contributed by atoms with van der Waals surface area (Å²) in [6, 6.07) is 4.65. The van der Waals surface area contributed by atoms with Crippen LogP contribution in [0.1, 0.15) is 37.9 Å². The third kappa shape index (κ3) is 3.75. The van der Waals surface area contributed by atoms with Gasteiger partial charge in [0.05, 0.1) is 14.2 Å². The van der Waals surface area contributed by atoms with Gasteiger partial charge in [-0.25, -0.2) is 9.59 Å². The summed E-state index contributed by atoms with van der Waals surface area (Å²) in [6.07, 6.45) is 0.105. The van der Waals surface area contributed by atoms with Crippen molar-refractivity contribution in [3.05, 3.63) is 29.3 Å². The van der Waals surface area contributed by atoms with Crippen molar-refractivity contribution in [3.63, 3.8) is 0 Å². The van der Waals surface area contributed by atoms with Crippen LogP contribution in [0, 0.1) is 0 Å². The average molecular weight is 321 g/mol. The van der Waals surface area contributed by atoms with Crippen molar-refractivity contribution in [3.8, 4) is 5.75 Å². The third-order valence-electron chi connectivity index (χ3n) is 3.63. The lowest BCUT2D eigenvalue weighted by atomic mass is 9.92. The van der Waals surface area contributed by atoms with E-state index in [1.54, 1.807) is 40.0 Å². The first kappa shape index (κ1) is 17.1. The quantitative estimate of drug-likeness (QED) is 0.784. The van der Waals surface area contributed by atoms with Crippen molar-refractivity contribution in [1.29, 1.82) is 0 Å². The lowest BCUT2D eigenvalue weighted by Gasteiger charge is -2.36. The Morgan fingerprint density at radius 2 is 1.91 bits per heavy atom. The van der Waals surface area contributed by atoms with Gasteiger partial charge in [0, 0.05) is 6.54 Å². The molecule has 1 amide bonds. The maximum Gasteiger partial charge on any atom is 0.411 e. The van der Waals surface area contributed by atoms with Crippen LogP contribution in [0.15, 0.2) is 18.2 Å². The number of carbonyl (C=O) groups is 2. The van der Waals surface area contributed by atoms with E-state index in [1.165, 1.54) is 12.0 Å². The number of hydrogen-bond donors (Lipinski definition) is 0. The fourth-order valence-electron chi connectivity index (χ4n) is 2.61. The van der Waals surface area contributed by atoms with Crippen LogP contribution in [0.5, 0.6) is 5.75 Å². The highest BCUT2D eigenvalue weighted by Crippen LogP contribution is 2.34. The van der Waals surface area contributed by atoms with Crippen LogP contribution in [0.2, 0.25) is 0 Å². The molecule has 1 aliphatic heterocycles. The molecule has 0 N–H and O–H groups in total. The van der Waals surface area contributed by atoms with E-state index in [4.69, 9.17) is 14.2 Å². The van der Waals surface area contributed by atoms with Crippen LogP contribution in [0.4, 0.5) is 4.79 Å². The Kier molecular flexibility index (Phi) is 4.82. The SMILES string of the molecule is COC(=O)C1c2ccc(OC)cc2CCN1C(=O)OC(C)(C)C. The van der Waals surface area contributed by atoms with Crippen LogP contribution in [-0.2, 0) is 20.7 Å². The molecular weight excluding hydrogens is 298 g/mol. The number of esters is 1. The van der Waals surface area contributed by atoms with Gasteiger partial charge in [-0.1, -0.05) is 6.07 Å². The highest BCUT2D eigenvalue weighted by molar-refractivity contribution is 5.84. The summed E-state index contributed by atoms with van der Waals surface area (Å²) in [6.45, 7) is 5.76. The Morgan fingerprint density at radius 3 is 2.48 bits per heavy atom. The van der Waals surface area contributed by atoms with Crippen LogP contribution in [0.25, 0.3) is 0 Å². The molecule has 23 heavy (non-hydrogen) atoms. The molecule has 6 heteroatoms. The molecule has 1 aromatic rings. The number of amides is 1. The van der Waals surface area contributed by atoms with E-state index < -0.39 is 23.7 Å². The van der Waals surface area contributed by atoms with E-state index in [2.05, 4.69) is 0 Å². The minimum Gasteiger partial charge on any atom is -0.497 e. The molecule has 1 heterocycles. The van der Waals surface area contributed by atoms with Crippen molar-refractivity contribution in [2.45, 2.75) is 38.8 Å². The maximum absolute atomic E-state index is 12.4. The van der Waals surface area contributed by atoms with Gasteiger partial charge < -0.3 is 14.2 Å². The minimum atomic E-state index is -0.801. The number of benzene rings is 1. The van der Waals surface area contributed by atoms with E-state index in [0.717, 1.165) is 16.9 Å². The molecule has 1 aromatic carbocycles. The molecule has 0 spiro atoms. The molecule has 2 rings (SSSR count). The Hall–Kier alpha value is -2.24. The highest BCUT2D eigenvalue weighted by atomic mass is 16.6. The van der Waals surface area contributed by atoms with E-state index in [9.17, 15) is 9.59 Å². The Morgan fingerprint density at radius 1 is 1.22 bits per heavy atom. The summed E-state index contributed by atoms with van der Waals surface area (Å²) in [5.74, 6) is 0.236. The summed E-state index contributed by atoms with van der Waals surface area (Å²) in [5, 5.41) is 0. The van der Waals surface area contributed by atoms with Gasteiger partial charge in [-0.05, 0) is 50.5 Å². The standard InChI is InChI=1S/C17H23NO5/c1-17(2,3)23-16(20)18-9-8-11-10-12(21-4)6-7-13(11)14(18)15(19)22-5/h6-7,10,14H,8-9H2,1-5H3. The number of rotatable bonds is 2. The number of fused-ring (bicyclic) bond motifs is 1. The number of carbonyl (C=O) groups excluding carboxylic acids is 2. The molecule has 0 radical (unpaired) electrons. The molecule has 0 saturated carbocycles. The van der Waals surface area contributed by atoms with E-state index in [1.807, 2.05) is 6.07 Å². The molecule has 0 aromatic heterocycles. The maximum atomic E-state index is 12.4. The predicted molar refractivity (Wildman–Crippen MR) is 84.4 cm³/mol. The lowest BCUT2D eigenvalue weighted by molar-refractivity contribution is -0.147. The van der Waals surface area contributed by atoms with Gasteiger partial charge >= 0.3 is 12.1 Å². The highest BCUT2D eigenvalue weighted by Gasteiger charge is 2.38.